The predicted octanol–water partition coefficient (Wildman–Crippen LogP) is 1.14. The molecule has 0 bridgehead atoms. The van der Waals surface area contributed by atoms with Crippen LogP contribution in [0.4, 0.5) is 0 Å². The standard InChI is InChI=1S/C11H20N2O/c14-10-5-8-13(9-6-10)11-4-2-1-3-7-12-11/h11-12H,1-9H2. The summed E-state index contributed by atoms with van der Waals surface area (Å²) in [5.41, 5.74) is 0. The third kappa shape index (κ3) is 2.55. The Hall–Kier alpha value is -0.410. The third-order valence-electron chi connectivity index (χ3n) is 3.33. The van der Waals surface area contributed by atoms with Gasteiger partial charge in [-0.25, -0.2) is 0 Å². The molecular weight excluding hydrogens is 176 g/mol. The van der Waals surface area contributed by atoms with E-state index in [-0.39, 0.29) is 0 Å². The van der Waals surface area contributed by atoms with E-state index in [2.05, 4.69) is 10.2 Å². The summed E-state index contributed by atoms with van der Waals surface area (Å²) >= 11 is 0. The van der Waals surface area contributed by atoms with E-state index in [0.29, 0.717) is 11.9 Å². The Labute approximate surface area is 85.8 Å². The molecule has 0 aromatic rings. The van der Waals surface area contributed by atoms with E-state index in [1.807, 2.05) is 0 Å². The average Bonchev–Trinajstić information content (AvgIpc) is 2.47. The van der Waals surface area contributed by atoms with Crippen molar-refractivity contribution in [2.24, 2.45) is 0 Å². The molecule has 0 radical (unpaired) electrons. The number of ketones is 1. The molecule has 0 aromatic heterocycles. The normalized spacial score (nSPS) is 31.4. The van der Waals surface area contributed by atoms with Crippen LogP contribution in [0.25, 0.3) is 0 Å². The summed E-state index contributed by atoms with van der Waals surface area (Å²) < 4.78 is 0. The highest BCUT2D eigenvalue weighted by Gasteiger charge is 2.23. The summed E-state index contributed by atoms with van der Waals surface area (Å²) in [5, 5.41) is 3.58. The summed E-state index contributed by atoms with van der Waals surface area (Å²) in [7, 11) is 0. The molecule has 0 spiro atoms. The van der Waals surface area contributed by atoms with Gasteiger partial charge >= 0.3 is 0 Å². The van der Waals surface area contributed by atoms with E-state index in [1.165, 1.54) is 25.7 Å². The van der Waals surface area contributed by atoms with Crippen LogP contribution in [0.5, 0.6) is 0 Å². The van der Waals surface area contributed by atoms with Gasteiger partial charge in [0.05, 0.1) is 6.17 Å². The number of nitrogens with zero attached hydrogens (tertiary/aromatic N) is 1. The van der Waals surface area contributed by atoms with Crippen LogP contribution in [0.3, 0.4) is 0 Å². The van der Waals surface area contributed by atoms with Gasteiger partial charge in [0.15, 0.2) is 0 Å². The van der Waals surface area contributed by atoms with E-state index < -0.39 is 0 Å². The van der Waals surface area contributed by atoms with Crippen molar-refractivity contribution in [2.45, 2.75) is 44.7 Å². The largest absolute Gasteiger partial charge is 0.302 e. The molecule has 2 rings (SSSR count). The molecule has 0 saturated carbocycles. The minimum absolute atomic E-state index is 0.440. The summed E-state index contributed by atoms with van der Waals surface area (Å²) in [4.78, 5) is 13.6. The molecular formula is C11H20N2O. The zero-order valence-corrected chi connectivity index (χ0v) is 8.80. The van der Waals surface area contributed by atoms with Crippen molar-refractivity contribution in [3.05, 3.63) is 0 Å². The lowest BCUT2D eigenvalue weighted by Crippen LogP contribution is -2.48. The fraction of sp³-hybridized carbons (Fsp3) is 0.909. The third-order valence-corrected chi connectivity index (χ3v) is 3.33. The second-order valence-corrected chi connectivity index (χ2v) is 4.39. The number of hydrogen-bond acceptors (Lipinski definition) is 3. The van der Waals surface area contributed by atoms with Crippen molar-refractivity contribution >= 4 is 5.78 Å². The first-order valence-electron chi connectivity index (χ1n) is 5.85. The van der Waals surface area contributed by atoms with Crippen LogP contribution in [0.15, 0.2) is 0 Å². The van der Waals surface area contributed by atoms with Crippen molar-refractivity contribution in [2.75, 3.05) is 19.6 Å². The van der Waals surface area contributed by atoms with Gasteiger partial charge < -0.3 is 5.32 Å². The summed E-state index contributed by atoms with van der Waals surface area (Å²) in [6.07, 6.45) is 7.33. The Morgan fingerprint density at radius 3 is 2.71 bits per heavy atom. The Morgan fingerprint density at radius 1 is 1.14 bits per heavy atom. The smallest absolute Gasteiger partial charge is 0.135 e. The summed E-state index contributed by atoms with van der Waals surface area (Å²) in [6.45, 7) is 3.09. The summed E-state index contributed by atoms with van der Waals surface area (Å²) in [5.74, 6) is 0.440. The van der Waals surface area contributed by atoms with E-state index in [4.69, 9.17) is 0 Å². The molecule has 1 atom stereocenters. The molecule has 1 N–H and O–H groups in total. The van der Waals surface area contributed by atoms with Crippen LogP contribution in [-0.2, 0) is 4.79 Å². The van der Waals surface area contributed by atoms with Crippen LogP contribution >= 0.6 is 0 Å². The highest BCUT2D eigenvalue weighted by molar-refractivity contribution is 5.79. The molecule has 2 heterocycles. The van der Waals surface area contributed by atoms with Crippen LogP contribution in [0, 0.1) is 0 Å². The van der Waals surface area contributed by atoms with E-state index in [1.54, 1.807) is 0 Å². The first kappa shape index (κ1) is 10.1. The Balaban J connectivity index is 1.83. The average molecular weight is 196 g/mol. The first-order chi connectivity index (χ1) is 6.86. The molecule has 2 fully saturated rings. The van der Waals surface area contributed by atoms with Gasteiger partial charge in [-0.05, 0) is 19.4 Å². The lowest BCUT2D eigenvalue weighted by molar-refractivity contribution is -0.122. The van der Waals surface area contributed by atoms with Gasteiger partial charge in [0, 0.05) is 25.9 Å². The molecule has 3 nitrogen and oxygen atoms in total. The first-order valence-corrected chi connectivity index (χ1v) is 5.85. The Kier molecular flexibility index (Phi) is 3.54. The van der Waals surface area contributed by atoms with E-state index in [9.17, 15) is 4.79 Å². The number of carbonyl (C=O) groups excluding carboxylic acids is 1. The number of Topliss-reactive ketones (excluding diaryl/α,β-unsaturated/α-hetero) is 1. The van der Waals surface area contributed by atoms with Crippen molar-refractivity contribution in [1.29, 1.82) is 0 Å². The minimum atomic E-state index is 0.440. The van der Waals surface area contributed by atoms with Gasteiger partial charge in [-0.15, -0.1) is 0 Å². The van der Waals surface area contributed by atoms with Crippen molar-refractivity contribution in [3.63, 3.8) is 0 Å². The van der Waals surface area contributed by atoms with E-state index >= 15 is 0 Å². The van der Waals surface area contributed by atoms with Crippen LogP contribution < -0.4 is 5.32 Å². The van der Waals surface area contributed by atoms with Gasteiger partial charge in [0.25, 0.3) is 0 Å². The predicted molar refractivity (Wildman–Crippen MR) is 56.1 cm³/mol. The maximum Gasteiger partial charge on any atom is 0.135 e. The number of rotatable bonds is 1. The van der Waals surface area contributed by atoms with Crippen LogP contribution in [0.2, 0.25) is 0 Å². The maximum atomic E-state index is 11.1. The van der Waals surface area contributed by atoms with E-state index in [0.717, 1.165) is 32.5 Å². The Morgan fingerprint density at radius 2 is 1.93 bits per heavy atom. The fourth-order valence-electron chi connectivity index (χ4n) is 2.41. The van der Waals surface area contributed by atoms with Gasteiger partial charge in [-0.3, -0.25) is 9.69 Å². The zero-order chi connectivity index (χ0) is 9.80. The molecule has 2 aliphatic heterocycles. The van der Waals surface area contributed by atoms with Crippen molar-refractivity contribution in [3.8, 4) is 0 Å². The highest BCUT2D eigenvalue weighted by Crippen LogP contribution is 2.15. The quantitative estimate of drug-likeness (QED) is 0.682. The Bertz CT molecular complexity index is 187. The number of nitrogens with one attached hydrogen (secondary N) is 1. The molecule has 2 aliphatic rings. The summed E-state index contributed by atoms with van der Waals surface area (Å²) in [6, 6.07) is 0. The van der Waals surface area contributed by atoms with Crippen molar-refractivity contribution in [1.82, 2.24) is 10.2 Å². The topological polar surface area (TPSA) is 32.3 Å². The molecule has 0 aliphatic carbocycles. The molecule has 0 aromatic carbocycles. The molecule has 1 unspecified atom stereocenters. The molecule has 0 amide bonds. The number of likely N-dealkylation sites (tertiary alicyclic amines) is 1. The van der Waals surface area contributed by atoms with Gasteiger partial charge in [-0.1, -0.05) is 12.8 Å². The maximum absolute atomic E-state index is 11.1. The molecule has 3 heteroatoms. The van der Waals surface area contributed by atoms with Crippen molar-refractivity contribution < 1.29 is 4.79 Å². The second kappa shape index (κ2) is 4.89. The molecule has 2 saturated heterocycles. The lowest BCUT2D eigenvalue weighted by Gasteiger charge is -2.33. The minimum Gasteiger partial charge on any atom is -0.302 e. The highest BCUT2D eigenvalue weighted by atomic mass is 16.1. The van der Waals surface area contributed by atoms with Gasteiger partial charge in [-0.2, -0.15) is 0 Å². The number of piperidine rings is 1. The lowest BCUT2D eigenvalue weighted by atomic mass is 10.1. The van der Waals surface area contributed by atoms with Crippen LogP contribution in [-0.4, -0.2) is 36.5 Å². The number of carbonyl (C=O) groups is 1. The van der Waals surface area contributed by atoms with Gasteiger partial charge in [0.1, 0.15) is 5.78 Å². The van der Waals surface area contributed by atoms with Crippen LogP contribution in [0.1, 0.15) is 38.5 Å². The molecule has 80 valence electrons. The SMILES string of the molecule is O=C1CCN(C2CCCCCN2)CC1. The zero-order valence-electron chi connectivity index (χ0n) is 8.80. The van der Waals surface area contributed by atoms with Gasteiger partial charge in [0.2, 0.25) is 0 Å². The fourth-order valence-corrected chi connectivity index (χ4v) is 2.41. The monoisotopic (exact) mass is 196 g/mol. The number of hydrogen-bond donors (Lipinski definition) is 1. The second-order valence-electron chi connectivity index (χ2n) is 4.39. The molecule has 14 heavy (non-hydrogen) atoms.